The number of esters is 3. The predicted octanol–water partition coefficient (Wildman–Crippen LogP) is 19.2. The minimum atomic E-state index is -0.788. The van der Waals surface area contributed by atoms with Crippen LogP contribution in [-0.4, -0.2) is 37.2 Å². The number of rotatable bonds is 51. The van der Waals surface area contributed by atoms with E-state index in [4.69, 9.17) is 14.2 Å². The van der Waals surface area contributed by atoms with Gasteiger partial charge in [-0.2, -0.15) is 0 Å². The fourth-order valence-corrected chi connectivity index (χ4v) is 7.82. The van der Waals surface area contributed by atoms with Gasteiger partial charge in [-0.25, -0.2) is 0 Å². The van der Waals surface area contributed by atoms with E-state index in [0.717, 1.165) is 128 Å². The summed E-state index contributed by atoms with van der Waals surface area (Å²) in [5, 5.41) is 0. The molecule has 0 radical (unpaired) electrons. The fraction of sp³-hybridized carbons (Fsp3) is 0.726. The Balaban J connectivity index is 4.33. The molecule has 0 rings (SSSR count). The molecule has 0 saturated carbocycles. The topological polar surface area (TPSA) is 78.9 Å². The van der Waals surface area contributed by atoms with Crippen LogP contribution in [-0.2, 0) is 28.6 Å². The second kappa shape index (κ2) is 56.2. The first kappa shape index (κ1) is 64.6. The van der Waals surface area contributed by atoms with Crippen molar-refractivity contribution >= 4 is 17.9 Å². The molecule has 0 aromatic carbocycles. The molecule has 0 heterocycles. The molecule has 0 amide bonds. The molecule has 0 saturated heterocycles. The average Bonchev–Trinajstić information content (AvgIpc) is 3.34. The summed E-state index contributed by atoms with van der Waals surface area (Å²) < 4.78 is 16.8. The van der Waals surface area contributed by atoms with E-state index in [0.29, 0.717) is 19.3 Å². The van der Waals surface area contributed by atoms with E-state index in [1.807, 2.05) is 0 Å². The van der Waals surface area contributed by atoms with E-state index >= 15 is 0 Å². The predicted molar refractivity (Wildman–Crippen MR) is 293 cm³/mol. The molecule has 0 aromatic rings. The lowest BCUT2D eigenvalue weighted by atomic mass is 10.1. The minimum Gasteiger partial charge on any atom is -0.462 e. The third-order valence-electron chi connectivity index (χ3n) is 12.1. The Hall–Kier alpha value is -3.41. The summed E-state index contributed by atoms with van der Waals surface area (Å²) >= 11 is 0. The van der Waals surface area contributed by atoms with Crippen LogP contribution in [0.1, 0.15) is 271 Å². The van der Waals surface area contributed by atoms with Crippen molar-refractivity contribution < 1.29 is 28.6 Å². The molecule has 0 aliphatic heterocycles. The van der Waals surface area contributed by atoms with E-state index in [1.54, 1.807) is 0 Å². The summed E-state index contributed by atoms with van der Waals surface area (Å²) in [6, 6.07) is 0. The summed E-state index contributed by atoms with van der Waals surface area (Å²) in [6.07, 6.45) is 72.9. The van der Waals surface area contributed by atoms with Gasteiger partial charge < -0.3 is 14.2 Å². The Kier molecular flexibility index (Phi) is 53.4. The monoisotopic (exact) mass is 947 g/mol. The minimum absolute atomic E-state index is 0.0863. The number of carbonyl (C=O) groups excluding carboxylic acids is 3. The van der Waals surface area contributed by atoms with E-state index in [-0.39, 0.29) is 31.1 Å². The molecule has 0 aliphatic rings. The number of hydrogen-bond acceptors (Lipinski definition) is 6. The smallest absolute Gasteiger partial charge is 0.306 e. The zero-order valence-corrected chi connectivity index (χ0v) is 44.6. The lowest BCUT2D eigenvalue weighted by molar-refractivity contribution is -0.167. The quantitative estimate of drug-likeness (QED) is 0.0262. The van der Waals surface area contributed by atoms with E-state index in [2.05, 4.69) is 106 Å². The number of carbonyl (C=O) groups is 3. The van der Waals surface area contributed by atoms with Gasteiger partial charge >= 0.3 is 17.9 Å². The molecule has 6 nitrogen and oxygen atoms in total. The zero-order chi connectivity index (χ0) is 49.3. The van der Waals surface area contributed by atoms with Crippen LogP contribution in [0, 0.1) is 0 Å². The van der Waals surface area contributed by atoms with E-state index < -0.39 is 6.10 Å². The van der Waals surface area contributed by atoms with Gasteiger partial charge in [0.1, 0.15) is 13.2 Å². The first-order valence-corrected chi connectivity index (χ1v) is 28.6. The SMILES string of the molecule is CC/C=C\C/C=C\C/C=C\C/C=C\CCCCCCCCCCCCC(=O)OCC(COC(=O)CCCCCCC/C=C\C/C=C\CCC)OC(=O)CCCCCCC/C=C\CCCCCCC. The zero-order valence-electron chi connectivity index (χ0n) is 44.6. The molecule has 390 valence electrons. The Bertz CT molecular complexity index is 1320. The Morgan fingerprint density at radius 1 is 0.309 bits per heavy atom. The highest BCUT2D eigenvalue weighted by atomic mass is 16.6. The number of unbranched alkanes of at least 4 members (excludes halogenated alkanes) is 26. The third-order valence-corrected chi connectivity index (χ3v) is 12.1. The highest BCUT2D eigenvalue weighted by Crippen LogP contribution is 2.15. The lowest BCUT2D eigenvalue weighted by Gasteiger charge is -2.18. The van der Waals surface area contributed by atoms with Gasteiger partial charge in [0.05, 0.1) is 0 Å². The van der Waals surface area contributed by atoms with Crippen molar-refractivity contribution in [3.8, 4) is 0 Å². The van der Waals surface area contributed by atoms with Crippen LogP contribution < -0.4 is 0 Å². The summed E-state index contributed by atoms with van der Waals surface area (Å²) in [4.78, 5) is 38.1. The highest BCUT2D eigenvalue weighted by molar-refractivity contribution is 5.71. The summed E-state index contributed by atoms with van der Waals surface area (Å²) in [7, 11) is 0. The Morgan fingerprint density at radius 3 is 0.971 bits per heavy atom. The molecule has 0 N–H and O–H groups in total. The van der Waals surface area contributed by atoms with Crippen molar-refractivity contribution in [1.29, 1.82) is 0 Å². The normalized spacial score (nSPS) is 12.7. The van der Waals surface area contributed by atoms with Crippen LogP contribution in [0.3, 0.4) is 0 Å². The van der Waals surface area contributed by atoms with Crippen molar-refractivity contribution in [3.63, 3.8) is 0 Å². The second-order valence-electron chi connectivity index (χ2n) is 18.8. The van der Waals surface area contributed by atoms with Gasteiger partial charge in [-0.3, -0.25) is 14.4 Å². The van der Waals surface area contributed by atoms with Gasteiger partial charge in [0.25, 0.3) is 0 Å². The summed E-state index contributed by atoms with van der Waals surface area (Å²) in [6.45, 7) is 6.44. The van der Waals surface area contributed by atoms with Crippen LogP contribution >= 0.6 is 0 Å². The van der Waals surface area contributed by atoms with E-state index in [1.165, 1.54) is 103 Å². The maximum absolute atomic E-state index is 12.8. The maximum atomic E-state index is 12.8. The average molecular weight is 948 g/mol. The first-order valence-electron chi connectivity index (χ1n) is 28.6. The Labute approximate surface area is 420 Å². The third kappa shape index (κ3) is 53.5. The lowest BCUT2D eigenvalue weighted by Crippen LogP contribution is -2.30. The van der Waals surface area contributed by atoms with Gasteiger partial charge in [0, 0.05) is 19.3 Å². The molecular weight excluding hydrogens is 841 g/mol. The molecular formula is C62H106O6. The molecule has 0 aromatic heterocycles. The van der Waals surface area contributed by atoms with Gasteiger partial charge in [-0.05, 0) is 109 Å². The molecule has 0 aliphatic carbocycles. The van der Waals surface area contributed by atoms with Crippen molar-refractivity contribution in [1.82, 2.24) is 0 Å². The van der Waals surface area contributed by atoms with Crippen molar-refractivity contribution in [2.24, 2.45) is 0 Å². The van der Waals surface area contributed by atoms with Crippen molar-refractivity contribution in [2.75, 3.05) is 13.2 Å². The van der Waals surface area contributed by atoms with Gasteiger partial charge in [0.15, 0.2) is 6.10 Å². The van der Waals surface area contributed by atoms with Gasteiger partial charge in [-0.1, -0.05) is 228 Å². The fourth-order valence-electron chi connectivity index (χ4n) is 7.82. The van der Waals surface area contributed by atoms with Crippen LogP contribution in [0.25, 0.3) is 0 Å². The molecule has 68 heavy (non-hydrogen) atoms. The van der Waals surface area contributed by atoms with Crippen LogP contribution in [0.4, 0.5) is 0 Å². The second-order valence-corrected chi connectivity index (χ2v) is 18.8. The van der Waals surface area contributed by atoms with E-state index in [9.17, 15) is 14.4 Å². The molecule has 6 heteroatoms. The number of hydrogen-bond donors (Lipinski definition) is 0. The van der Waals surface area contributed by atoms with Crippen LogP contribution in [0.2, 0.25) is 0 Å². The highest BCUT2D eigenvalue weighted by Gasteiger charge is 2.19. The number of ether oxygens (including phenoxy) is 3. The van der Waals surface area contributed by atoms with Crippen LogP contribution in [0.15, 0.2) is 85.1 Å². The summed E-state index contributed by atoms with van der Waals surface area (Å²) in [5.41, 5.74) is 0. The molecule has 0 bridgehead atoms. The van der Waals surface area contributed by atoms with Crippen molar-refractivity contribution in [2.45, 2.75) is 277 Å². The Morgan fingerprint density at radius 2 is 0.603 bits per heavy atom. The van der Waals surface area contributed by atoms with Gasteiger partial charge in [0.2, 0.25) is 0 Å². The number of allylic oxidation sites excluding steroid dienone is 14. The molecule has 0 spiro atoms. The van der Waals surface area contributed by atoms with Gasteiger partial charge in [-0.15, -0.1) is 0 Å². The maximum Gasteiger partial charge on any atom is 0.306 e. The standard InChI is InChI=1S/C62H106O6/c1-4-7-10-13-16-19-22-25-27-28-29-30-31-32-33-34-35-38-40-43-46-49-52-55-61(64)67-58-59(57-66-60(63)54-51-48-45-42-39-36-24-21-18-15-12-9-6-3)68-62(65)56-53-50-47-44-41-37-26-23-20-17-14-11-8-5-2/h7,10,12,15-16,19,21,23-27,29-30,59H,4-6,8-9,11,13-14,17-18,20,22,28,31-58H2,1-3H3/b10-7-,15-12-,19-16-,24-21-,26-23-,27-25-,30-29-. The molecule has 0 fully saturated rings. The van der Waals surface area contributed by atoms with Crippen LogP contribution in [0.5, 0.6) is 0 Å². The summed E-state index contributed by atoms with van der Waals surface area (Å²) in [5.74, 6) is -0.909. The molecule has 1 atom stereocenters. The molecule has 1 unspecified atom stereocenters. The van der Waals surface area contributed by atoms with Crippen molar-refractivity contribution in [3.05, 3.63) is 85.1 Å². The first-order chi connectivity index (χ1) is 33.5. The largest absolute Gasteiger partial charge is 0.462 e.